The highest BCUT2D eigenvalue weighted by Crippen LogP contribution is 2.49. The van der Waals surface area contributed by atoms with Crippen molar-refractivity contribution in [1.82, 2.24) is 0 Å². The summed E-state index contributed by atoms with van der Waals surface area (Å²) in [5, 5.41) is 10.0. The first-order valence-corrected chi connectivity index (χ1v) is 22.1. The molecule has 0 unspecified atom stereocenters. The zero-order valence-corrected chi connectivity index (χ0v) is 34.7. The Kier molecular flexibility index (Phi) is 8.76. The second-order valence-electron chi connectivity index (χ2n) is 16.0. The molecule has 0 spiro atoms. The predicted molar refractivity (Wildman–Crippen MR) is 268 cm³/mol. The summed E-state index contributed by atoms with van der Waals surface area (Å²) in [6.45, 7) is 0. The molecule has 0 saturated carbocycles. The van der Waals surface area contributed by atoms with E-state index in [0.717, 1.165) is 28.2 Å². The minimum atomic E-state index is 1.10. The van der Waals surface area contributed by atoms with Gasteiger partial charge in [-0.05, 0) is 102 Å². The van der Waals surface area contributed by atoms with Gasteiger partial charge in [0.1, 0.15) is 0 Å². The molecule has 12 aromatic rings. The molecule has 0 bridgehead atoms. The van der Waals surface area contributed by atoms with Crippen LogP contribution in [0.3, 0.4) is 0 Å². The van der Waals surface area contributed by atoms with Crippen LogP contribution >= 0.6 is 11.3 Å². The molecule has 0 atom stereocenters. The molecular weight excluding hydrogens is 767 g/mol. The second-order valence-corrected chi connectivity index (χ2v) is 17.0. The van der Waals surface area contributed by atoms with Crippen molar-refractivity contribution in [2.45, 2.75) is 0 Å². The molecular formula is C60H39NS. The van der Waals surface area contributed by atoms with Crippen molar-refractivity contribution in [3.8, 4) is 44.5 Å². The molecule has 0 fully saturated rings. The van der Waals surface area contributed by atoms with E-state index in [9.17, 15) is 0 Å². The van der Waals surface area contributed by atoms with Gasteiger partial charge in [0, 0.05) is 36.8 Å². The maximum Gasteiger partial charge on any atom is 0.0540 e. The largest absolute Gasteiger partial charge is 0.309 e. The lowest BCUT2D eigenvalue weighted by Gasteiger charge is -2.29. The van der Waals surface area contributed by atoms with Crippen molar-refractivity contribution in [3.63, 3.8) is 0 Å². The number of nitrogens with zero attached hydrogens (tertiary/aromatic N) is 1. The molecule has 290 valence electrons. The Morgan fingerprint density at radius 2 is 0.823 bits per heavy atom. The van der Waals surface area contributed by atoms with Crippen LogP contribution in [0, 0.1) is 0 Å². The van der Waals surface area contributed by atoms with E-state index in [2.05, 4.69) is 241 Å². The van der Waals surface area contributed by atoms with Crippen molar-refractivity contribution in [2.24, 2.45) is 0 Å². The van der Waals surface area contributed by atoms with E-state index in [0.29, 0.717) is 0 Å². The molecule has 1 nitrogen and oxygen atoms in total. The summed E-state index contributed by atoms with van der Waals surface area (Å²) in [5.41, 5.74) is 13.0. The molecule has 0 radical (unpaired) electrons. The quantitative estimate of drug-likeness (QED) is 0.145. The number of para-hydroxylation sites is 1. The molecule has 0 N–H and O–H groups in total. The molecule has 1 heterocycles. The summed E-state index contributed by atoms with van der Waals surface area (Å²) < 4.78 is 2.63. The van der Waals surface area contributed by atoms with Crippen LogP contribution in [0.2, 0.25) is 0 Å². The highest BCUT2D eigenvalue weighted by Gasteiger charge is 2.22. The van der Waals surface area contributed by atoms with Crippen molar-refractivity contribution in [3.05, 3.63) is 237 Å². The zero-order valence-electron chi connectivity index (χ0n) is 33.9. The molecule has 0 saturated heterocycles. The van der Waals surface area contributed by atoms with Gasteiger partial charge in [0.05, 0.1) is 11.4 Å². The van der Waals surface area contributed by atoms with Crippen LogP contribution < -0.4 is 4.90 Å². The average molecular weight is 806 g/mol. The van der Waals surface area contributed by atoms with Crippen LogP contribution in [-0.4, -0.2) is 0 Å². The van der Waals surface area contributed by atoms with E-state index < -0.39 is 0 Å². The van der Waals surface area contributed by atoms with Crippen LogP contribution in [0.5, 0.6) is 0 Å². The molecule has 0 aliphatic heterocycles. The van der Waals surface area contributed by atoms with Crippen LogP contribution in [0.15, 0.2) is 237 Å². The summed E-state index contributed by atoms with van der Waals surface area (Å²) in [4.78, 5) is 2.48. The first-order chi connectivity index (χ1) is 30.8. The SMILES string of the molecule is c1ccc(-c2c(-c3ccccc3)c3cc(-c4ccccc4N(c4cccc(-c5cccc6c5sc5ccccc56)c4)c4cccc5ccccc45)ccc3c3ccccc23)cc1. The Bertz CT molecular complexity index is 3630. The minimum Gasteiger partial charge on any atom is -0.309 e. The fourth-order valence-electron chi connectivity index (χ4n) is 9.68. The van der Waals surface area contributed by atoms with Gasteiger partial charge in [-0.3, -0.25) is 0 Å². The van der Waals surface area contributed by atoms with E-state index in [1.807, 2.05) is 11.3 Å². The molecule has 0 amide bonds. The number of benzene rings is 11. The topological polar surface area (TPSA) is 3.24 Å². The summed E-state index contributed by atoms with van der Waals surface area (Å²) in [6, 6.07) is 86.8. The molecule has 62 heavy (non-hydrogen) atoms. The number of thiophene rings is 1. The summed E-state index contributed by atoms with van der Waals surface area (Å²) in [6.07, 6.45) is 0. The maximum absolute atomic E-state index is 2.48. The lowest BCUT2D eigenvalue weighted by Crippen LogP contribution is -2.12. The fourth-order valence-corrected chi connectivity index (χ4v) is 10.9. The monoisotopic (exact) mass is 805 g/mol. The van der Waals surface area contributed by atoms with E-state index in [4.69, 9.17) is 0 Å². The first kappa shape index (κ1) is 36.1. The smallest absolute Gasteiger partial charge is 0.0540 e. The van der Waals surface area contributed by atoms with Gasteiger partial charge in [-0.1, -0.05) is 200 Å². The zero-order chi connectivity index (χ0) is 41.0. The molecule has 0 aliphatic carbocycles. The van der Waals surface area contributed by atoms with Crippen LogP contribution in [0.25, 0.3) is 97.0 Å². The molecule has 12 rings (SSSR count). The van der Waals surface area contributed by atoms with E-state index in [1.165, 1.54) is 85.9 Å². The first-order valence-electron chi connectivity index (χ1n) is 21.3. The number of anilines is 3. The lowest BCUT2D eigenvalue weighted by molar-refractivity contribution is 1.30. The molecule has 11 aromatic carbocycles. The number of hydrogen-bond acceptors (Lipinski definition) is 2. The number of fused-ring (bicyclic) bond motifs is 7. The van der Waals surface area contributed by atoms with Crippen molar-refractivity contribution in [1.29, 1.82) is 0 Å². The highest BCUT2D eigenvalue weighted by molar-refractivity contribution is 7.26. The Morgan fingerprint density at radius 3 is 1.65 bits per heavy atom. The van der Waals surface area contributed by atoms with E-state index in [-0.39, 0.29) is 0 Å². The summed E-state index contributed by atoms with van der Waals surface area (Å²) in [7, 11) is 0. The normalized spacial score (nSPS) is 11.5. The van der Waals surface area contributed by atoms with Gasteiger partial charge >= 0.3 is 0 Å². The van der Waals surface area contributed by atoms with Gasteiger partial charge in [-0.15, -0.1) is 11.3 Å². The maximum atomic E-state index is 2.48. The van der Waals surface area contributed by atoms with Gasteiger partial charge < -0.3 is 4.90 Å². The van der Waals surface area contributed by atoms with Crippen LogP contribution in [0.1, 0.15) is 0 Å². The fraction of sp³-hybridized carbons (Fsp3) is 0. The van der Waals surface area contributed by atoms with Gasteiger partial charge in [0.15, 0.2) is 0 Å². The Balaban J connectivity index is 1.11. The van der Waals surface area contributed by atoms with Gasteiger partial charge in [0.2, 0.25) is 0 Å². The highest BCUT2D eigenvalue weighted by atomic mass is 32.1. The minimum absolute atomic E-state index is 1.10. The van der Waals surface area contributed by atoms with Gasteiger partial charge in [0.25, 0.3) is 0 Å². The van der Waals surface area contributed by atoms with Gasteiger partial charge in [-0.25, -0.2) is 0 Å². The third kappa shape index (κ3) is 5.99. The Labute approximate surface area is 365 Å². The molecule has 1 aromatic heterocycles. The number of rotatable bonds is 7. The van der Waals surface area contributed by atoms with E-state index >= 15 is 0 Å². The van der Waals surface area contributed by atoms with Gasteiger partial charge in [-0.2, -0.15) is 0 Å². The predicted octanol–water partition coefficient (Wildman–Crippen LogP) is 17.7. The average Bonchev–Trinajstić information content (AvgIpc) is 3.73. The molecule has 0 aliphatic rings. The second kappa shape index (κ2) is 15.0. The number of hydrogen-bond donors (Lipinski definition) is 0. The van der Waals surface area contributed by atoms with E-state index in [1.54, 1.807) is 0 Å². The van der Waals surface area contributed by atoms with Crippen LogP contribution in [-0.2, 0) is 0 Å². The third-order valence-electron chi connectivity index (χ3n) is 12.4. The summed E-state index contributed by atoms with van der Waals surface area (Å²) in [5.74, 6) is 0. The van der Waals surface area contributed by atoms with Crippen LogP contribution in [0.4, 0.5) is 17.1 Å². The van der Waals surface area contributed by atoms with Crippen molar-refractivity contribution >= 4 is 80.9 Å². The summed E-state index contributed by atoms with van der Waals surface area (Å²) >= 11 is 1.88. The molecule has 2 heteroatoms. The van der Waals surface area contributed by atoms with Crippen molar-refractivity contribution < 1.29 is 0 Å². The Hall–Kier alpha value is -7.78. The third-order valence-corrected chi connectivity index (χ3v) is 13.7. The Morgan fingerprint density at radius 1 is 0.290 bits per heavy atom. The standard InChI is InChI=1S/C60H39NS/c1-3-19-41(20-4-1)58-52-30-10-9-28-49(52)50-37-36-44(39-54(50)59(58)42-21-5-2-6-22-42)47-27-11-13-33-55(47)61(56-34-16-23-40-18-7-8-26-46(40)56)45-25-15-24-43(38-45)48-31-17-32-53-51-29-12-14-35-57(51)62-60(48)53/h1-39H. The lowest BCUT2D eigenvalue weighted by atomic mass is 9.84. The van der Waals surface area contributed by atoms with Crippen molar-refractivity contribution in [2.75, 3.05) is 4.90 Å².